The molecular formula is C24H21ClFN5O. The van der Waals surface area contributed by atoms with Crippen LogP contribution in [0.5, 0.6) is 0 Å². The van der Waals surface area contributed by atoms with Gasteiger partial charge in [0.25, 0.3) is 0 Å². The number of hydrogen-bond donors (Lipinski definition) is 0. The smallest absolute Gasteiger partial charge is 0.134 e. The number of aryl methyl sites for hydroxylation is 2. The van der Waals surface area contributed by atoms with E-state index in [9.17, 15) is 4.39 Å². The number of nitrogens with zero attached hydrogens (tertiary/aromatic N) is 5. The van der Waals surface area contributed by atoms with Crippen molar-refractivity contribution < 1.29 is 9.13 Å². The summed E-state index contributed by atoms with van der Waals surface area (Å²) in [5, 5.41) is 0.331. The first-order chi connectivity index (χ1) is 15.5. The Morgan fingerprint density at radius 3 is 2.75 bits per heavy atom. The maximum Gasteiger partial charge on any atom is 0.134 e. The highest BCUT2D eigenvalue weighted by Crippen LogP contribution is 2.33. The molecule has 0 bridgehead atoms. The molecule has 0 radical (unpaired) electrons. The Bertz CT molecular complexity index is 1320. The lowest BCUT2D eigenvalue weighted by Crippen LogP contribution is -2.39. The van der Waals surface area contributed by atoms with Crippen molar-refractivity contribution in [1.29, 1.82) is 0 Å². The molecule has 1 atom stereocenters. The average molecular weight is 450 g/mol. The first kappa shape index (κ1) is 20.7. The van der Waals surface area contributed by atoms with E-state index >= 15 is 0 Å². The maximum atomic E-state index is 14.8. The third-order valence-corrected chi connectivity index (χ3v) is 5.74. The topological polar surface area (TPSA) is 64.0 Å². The SMILES string of the molecule is Cc1cc([C@H]2CN(c3cc4nc(C)cnc4c(-c4ccc(Cl)cc4F)n3)CCO2)ccn1. The van der Waals surface area contributed by atoms with Crippen molar-refractivity contribution in [2.24, 2.45) is 0 Å². The molecule has 4 aromatic rings. The number of ether oxygens (including phenoxy) is 1. The second kappa shape index (κ2) is 8.41. The molecule has 5 rings (SSSR count). The van der Waals surface area contributed by atoms with Gasteiger partial charge in [0.05, 0.1) is 17.8 Å². The lowest BCUT2D eigenvalue weighted by molar-refractivity contribution is 0.0394. The molecule has 0 unspecified atom stereocenters. The highest BCUT2D eigenvalue weighted by atomic mass is 35.5. The molecule has 8 heteroatoms. The minimum atomic E-state index is -0.446. The highest BCUT2D eigenvalue weighted by molar-refractivity contribution is 6.30. The van der Waals surface area contributed by atoms with Gasteiger partial charge in [0.1, 0.15) is 28.9 Å². The molecule has 0 saturated carbocycles. The Kier molecular flexibility index (Phi) is 5.45. The number of rotatable bonds is 3. The predicted molar refractivity (Wildman–Crippen MR) is 122 cm³/mol. The molecule has 0 N–H and O–H groups in total. The summed E-state index contributed by atoms with van der Waals surface area (Å²) in [4.78, 5) is 20.4. The lowest BCUT2D eigenvalue weighted by atomic mass is 10.1. The van der Waals surface area contributed by atoms with Crippen molar-refractivity contribution in [3.05, 3.63) is 76.6 Å². The minimum Gasteiger partial charge on any atom is -0.370 e. The Morgan fingerprint density at radius 1 is 1.06 bits per heavy atom. The monoisotopic (exact) mass is 449 g/mol. The number of anilines is 1. The van der Waals surface area contributed by atoms with Crippen molar-refractivity contribution in [3.63, 3.8) is 0 Å². The third-order valence-electron chi connectivity index (χ3n) is 5.51. The van der Waals surface area contributed by atoms with Crippen molar-refractivity contribution in [2.75, 3.05) is 24.6 Å². The van der Waals surface area contributed by atoms with Gasteiger partial charge in [0.2, 0.25) is 0 Å². The van der Waals surface area contributed by atoms with Crippen LogP contribution in [0.15, 0.2) is 48.8 Å². The quantitative estimate of drug-likeness (QED) is 0.435. The van der Waals surface area contributed by atoms with Crippen LogP contribution in [0.25, 0.3) is 22.3 Å². The third kappa shape index (κ3) is 4.01. The number of benzene rings is 1. The van der Waals surface area contributed by atoms with Crippen molar-refractivity contribution in [3.8, 4) is 11.3 Å². The first-order valence-electron chi connectivity index (χ1n) is 10.4. The number of aromatic nitrogens is 4. The van der Waals surface area contributed by atoms with E-state index in [-0.39, 0.29) is 6.10 Å². The van der Waals surface area contributed by atoms with Gasteiger partial charge in [-0.15, -0.1) is 0 Å². The summed E-state index contributed by atoms with van der Waals surface area (Å²) in [7, 11) is 0. The van der Waals surface area contributed by atoms with Gasteiger partial charge in [-0.25, -0.2) is 14.4 Å². The van der Waals surface area contributed by atoms with Crippen LogP contribution in [0, 0.1) is 19.7 Å². The van der Waals surface area contributed by atoms with E-state index in [0.29, 0.717) is 52.8 Å². The second-order valence-corrected chi connectivity index (χ2v) is 8.30. The summed E-state index contributed by atoms with van der Waals surface area (Å²) in [5.74, 6) is 0.263. The van der Waals surface area contributed by atoms with Gasteiger partial charge in [-0.05, 0) is 49.7 Å². The van der Waals surface area contributed by atoms with Gasteiger partial charge in [0.15, 0.2) is 0 Å². The summed E-state index contributed by atoms with van der Waals surface area (Å²) in [6, 6.07) is 10.5. The Balaban J connectivity index is 1.59. The summed E-state index contributed by atoms with van der Waals surface area (Å²) >= 11 is 5.97. The van der Waals surface area contributed by atoms with E-state index in [1.54, 1.807) is 24.5 Å². The Morgan fingerprint density at radius 2 is 1.94 bits per heavy atom. The van der Waals surface area contributed by atoms with E-state index < -0.39 is 5.82 Å². The molecule has 1 saturated heterocycles. The molecule has 32 heavy (non-hydrogen) atoms. The van der Waals surface area contributed by atoms with Gasteiger partial charge in [-0.3, -0.25) is 9.97 Å². The van der Waals surface area contributed by atoms with Crippen LogP contribution in [0.4, 0.5) is 10.2 Å². The number of fused-ring (bicyclic) bond motifs is 1. The second-order valence-electron chi connectivity index (χ2n) is 7.87. The first-order valence-corrected chi connectivity index (χ1v) is 10.7. The molecular weight excluding hydrogens is 429 g/mol. The van der Waals surface area contributed by atoms with E-state index in [1.807, 2.05) is 32.0 Å². The van der Waals surface area contributed by atoms with Gasteiger partial charge >= 0.3 is 0 Å². The van der Waals surface area contributed by atoms with E-state index in [1.165, 1.54) is 6.07 Å². The van der Waals surface area contributed by atoms with Gasteiger partial charge in [0, 0.05) is 47.8 Å². The average Bonchev–Trinajstić information content (AvgIpc) is 2.78. The van der Waals surface area contributed by atoms with E-state index in [2.05, 4.69) is 19.9 Å². The van der Waals surface area contributed by atoms with Crippen LogP contribution < -0.4 is 4.90 Å². The molecule has 1 aliphatic rings. The zero-order valence-corrected chi connectivity index (χ0v) is 18.5. The fraction of sp³-hybridized carbons (Fsp3) is 0.250. The lowest BCUT2D eigenvalue weighted by Gasteiger charge is -2.34. The Labute approximate surface area is 190 Å². The van der Waals surface area contributed by atoms with Crippen molar-refractivity contribution in [2.45, 2.75) is 20.0 Å². The molecule has 6 nitrogen and oxygen atoms in total. The molecule has 1 fully saturated rings. The molecule has 0 aliphatic carbocycles. The molecule has 4 heterocycles. The minimum absolute atomic E-state index is 0.109. The largest absolute Gasteiger partial charge is 0.370 e. The fourth-order valence-corrected chi connectivity index (χ4v) is 4.12. The fourth-order valence-electron chi connectivity index (χ4n) is 3.96. The van der Waals surface area contributed by atoms with Crippen LogP contribution in [0.1, 0.15) is 23.1 Å². The summed E-state index contributed by atoms with van der Waals surface area (Å²) in [5.41, 5.74) is 4.80. The van der Waals surface area contributed by atoms with Gasteiger partial charge in [-0.1, -0.05) is 11.6 Å². The van der Waals surface area contributed by atoms with Gasteiger partial charge < -0.3 is 9.64 Å². The molecule has 1 aliphatic heterocycles. The Hall–Kier alpha value is -3.16. The molecule has 0 amide bonds. The van der Waals surface area contributed by atoms with Crippen LogP contribution in [0.3, 0.4) is 0 Å². The number of halogens is 2. The molecule has 0 spiro atoms. The van der Waals surface area contributed by atoms with Crippen molar-refractivity contribution in [1.82, 2.24) is 19.9 Å². The molecule has 1 aromatic carbocycles. The zero-order valence-electron chi connectivity index (χ0n) is 17.7. The van der Waals surface area contributed by atoms with Gasteiger partial charge in [-0.2, -0.15) is 0 Å². The normalized spacial score (nSPS) is 16.5. The van der Waals surface area contributed by atoms with Crippen LogP contribution in [-0.2, 0) is 4.74 Å². The summed E-state index contributed by atoms with van der Waals surface area (Å²) < 4.78 is 20.9. The van der Waals surface area contributed by atoms with Crippen molar-refractivity contribution >= 4 is 28.5 Å². The molecule has 162 valence electrons. The van der Waals surface area contributed by atoms with Crippen LogP contribution in [-0.4, -0.2) is 39.6 Å². The van der Waals surface area contributed by atoms with Crippen LogP contribution in [0.2, 0.25) is 5.02 Å². The molecule has 3 aromatic heterocycles. The maximum absolute atomic E-state index is 14.8. The summed E-state index contributed by atoms with van der Waals surface area (Å²) in [6.07, 6.45) is 3.35. The van der Waals surface area contributed by atoms with Crippen LogP contribution >= 0.6 is 11.6 Å². The number of hydrogen-bond acceptors (Lipinski definition) is 6. The van der Waals surface area contributed by atoms with E-state index in [0.717, 1.165) is 17.0 Å². The number of morpholine rings is 1. The summed E-state index contributed by atoms with van der Waals surface area (Å²) in [6.45, 7) is 5.68. The highest BCUT2D eigenvalue weighted by Gasteiger charge is 2.25. The standard InChI is InChI=1S/C24H21ClFN5O/c1-14-9-16(5-6-27-14)21-13-31(7-8-32-21)22-11-20-24(28-12-15(2)29-20)23(30-22)18-4-3-17(25)10-19(18)26/h3-6,9-12,21H,7-8,13H2,1-2H3/t21-/m1/s1. The zero-order chi connectivity index (χ0) is 22.2. The van der Waals surface area contributed by atoms with E-state index in [4.69, 9.17) is 21.3 Å². The number of pyridine rings is 2. The predicted octanol–water partition coefficient (Wildman–Crippen LogP) is 5.07.